The number of nitrogens with zero attached hydrogens (tertiary/aromatic N) is 6. The van der Waals surface area contributed by atoms with Gasteiger partial charge >= 0.3 is 6.72 Å². The van der Waals surface area contributed by atoms with Crippen LogP contribution in [0, 0.1) is 0 Å². The van der Waals surface area contributed by atoms with E-state index >= 15 is 0 Å². The number of anilines is 2. The lowest BCUT2D eigenvalue weighted by Gasteiger charge is -2.24. The molecule has 17 nitrogen and oxygen atoms in total. The molecule has 19 heteroatoms. The maximum atomic E-state index is 12.2. The van der Waals surface area contributed by atoms with Crippen LogP contribution in [0.5, 0.6) is 0 Å². The summed E-state index contributed by atoms with van der Waals surface area (Å²) in [7, 11) is 0. The molecule has 1 unspecified atom stereocenters. The first-order valence-corrected chi connectivity index (χ1v) is 14.5. The Labute approximate surface area is 229 Å². The monoisotopic (exact) mass is 593 g/mol. The van der Waals surface area contributed by atoms with Gasteiger partial charge in [-0.3, -0.25) is 23.4 Å². The van der Waals surface area contributed by atoms with Crippen LogP contribution in [-0.4, -0.2) is 74.1 Å². The number of nitrogens with two attached hydrogens (primary N) is 2. The molecule has 0 aromatic carbocycles. The van der Waals surface area contributed by atoms with Crippen LogP contribution in [0.2, 0.25) is 0 Å². The number of hydrogen-bond donors (Lipinski definition) is 6. The zero-order valence-electron chi connectivity index (χ0n) is 20.5. The van der Waals surface area contributed by atoms with Gasteiger partial charge in [-0.05, 0) is 6.07 Å². The van der Waals surface area contributed by atoms with Crippen molar-refractivity contribution in [3.05, 3.63) is 47.3 Å². The van der Waals surface area contributed by atoms with E-state index in [-0.39, 0.29) is 42.3 Å². The summed E-state index contributed by atoms with van der Waals surface area (Å²) < 4.78 is 26.0. The van der Waals surface area contributed by atoms with Gasteiger partial charge in [-0.1, -0.05) is 0 Å². The SMILES string of the molecule is Nc1nc2c(ncn2[C@@H]2O[C@H](CO)C[C@H]2OP(O)(=S)O/C=C2/O[C@@H](n3ccc4c(N)ncnc43)C[C@@H]2O)c(=O)[nH]1. The molecule has 212 valence electrons. The molecule has 8 N–H and O–H groups in total. The number of aromatic nitrogens is 7. The van der Waals surface area contributed by atoms with Gasteiger partial charge in [0.25, 0.3) is 5.56 Å². The van der Waals surface area contributed by atoms with E-state index in [1.807, 2.05) is 0 Å². The predicted molar refractivity (Wildman–Crippen MR) is 141 cm³/mol. The van der Waals surface area contributed by atoms with Gasteiger partial charge in [-0.25, -0.2) is 15.0 Å². The van der Waals surface area contributed by atoms with Crippen molar-refractivity contribution in [2.24, 2.45) is 0 Å². The Bertz CT molecular complexity index is 1720. The molecule has 0 spiro atoms. The van der Waals surface area contributed by atoms with Gasteiger partial charge in [0.2, 0.25) is 5.95 Å². The fourth-order valence-corrected chi connectivity index (χ4v) is 5.99. The van der Waals surface area contributed by atoms with Crippen LogP contribution < -0.4 is 17.0 Å². The molecule has 2 aliphatic rings. The fourth-order valence-electron chi connectivity index (χ4n) is 4.71. The van der Waals surface area contributed by atoms with Crippen molar-refractivity contribution < 1.29 is 33.6 Å². The molecule has 6 atom stereocenters. The second kappa shape index (κ2) is 10.1. The highest BCUT2D eigenvalue weighted by Gasteiger charge is 2.42. The highest BCUT2D eigenvalue weighted by Crippen LogP contribution is 2.50. The Morgan fingerprint density at radius 3 is 2.88 bits per heavy atom. The summed E-state index contributed by atoms with van der Waals surface area (Å²) in [5.74, 6) is 0.201. The van der Waals surface area contributed by atoms with E-state index in [1.165, 1.54) is 17.2 Å². The number of fused-ring (bicyclic) bond motifs is 2. The number of ether oxygens (including phenoxy) is 2. The van der Waals surface area contributed by atoms with Crippen LogP contribution in [0.25, 0.3) is 22.2 Å². The molecule has 2 fully saturated rings. The molecule has 0 amide bonds. The summed E-state index contributed by atoms with van der Waals surface area (Å²) in [5.41, 5.74) is 11.7. The van der Waals surface area contributed by atoms with Gasteiger partial charge in [0.1, 0.15) is 36.3 Å². The minimum Gasteiger partial charge on any atom is -0.468 e. The van der Waals surface area contributed by atoms with Crippen molar-refractivity contribution in [2.45, 2.75) is 43.6 Å². The summed E-state index contributed by atoms with van der Waals surface area (Å²) >= 11 is 5.21. The molecular weight excluding hydrogens is 569 g/mol. The van der Waals surface area contributed by atoms with Crippen molar-refractivity contribution in [1.82, 2.24) is 34.1 Å². The zero-order chi connectivity index (χ0) is 28.2. The number of H-pyrrole nitrogens is 1. The van der Waals surface area contributed by atoms with Crippen molar-refractivity contribution in [2.75, 3.05) is 18.1 Å². The Morgan fingerprint density at radius 2 is 2.08 bits per heavy atom. The van der Waals surface area contributed by atoms with Gasteiger partial charge < -0.3 is 40.6 Å². The average Bonchev–Trinajstić information content (AvgIpc) is 3.68. The minimum absolute atomic E-state index is 0.0138. The lowest BCUT2D eigenvalue weighted by molar-refractivity contribution is -0.0456. The zero-order valence-corrected chi connectivity index (χ0v) is 22.2. The summed E-state index contributed by atoms with van der Waals surface area (Å²) in [4.78, 5) is 41.8. The first-order chi connectivity index (χ1) is 19.1. The molecule has 0 bridgehead atoms. The van der Waals surface area contributed by atoms with E-state index in [2.05, 4.69) is 24.9 Å². The highest BCUT2D eigenvalue weighted by atomic mass is 32.5. The quantitative estimate of drug-likeness (QED) is 0.119. The summed E-state index contributed by atoms with van der Waals surface area (Å²) in [5, 5.41) is 20.9. The molecule has 0 saturated carbocycles. The lowest BCUT2D eigenvalue weighted by Crippen LogP contribution is -2.23. The van der Waals surface area contributed by atoms with Gasteiger partial charge in [-0.15, -0.1) is 0 Å². The fraction of sp³-hybridized carbons (Fsp3) is 0.381. The lowest BCUT2D eigenvalue weighted by atomic mass is 10.2. The van der Waals surface area contributed by atoms with E-state index in [9.17, 15) is 19.9 Å². The molecular formula is C21H24N9O8PS. The molecule has 6 rings (SSSR count). The van der Waals surface area contributed by atoms with Crippen molar-refractivity contribution in [3.63, 3.8) is 0 Å². The van der Waals surface area contributed by atoms with E-state index in [0.29, 0.717) is 16.9 Å². The highest BCUT2D eigenvalue weighted by molar-refractivity contribution is 8.07. The average molecular weight is 594 g/mol. The molecule has 0 aliphatic carbocycles. The van der Waals surface area contributed by atoms with Gasteiger partial charge in [-0.2, -0.15) is 4.98 Å². The largest absolute Gasteiger partial charge is 0.468 e. The van der Waals surface area contributed by atoms with Crippen LogP contribution in [-0.2, 0) is 30.3 Å². The van der Waals surface area contributed by atoms with Crippen molar-refractivity contribution in [3.8, 4) is 0 Å². The van der Waals surface area contributed by atoms with Crippen LogP contribution in [0.4, 0.5) is 11.8 Å². The topological polar surface area (TPSA) is 244 Å². The number of hydrogen-bond acceptors (Lipinski definition) is 14. The Kier molecular flexibility index (Phi) is 6.70. The number of aromatic amines is 1. The van der Waals surface area contributed by atoms with Crippen molar-refractivity contribution in [1.29, 1.82) is 0 Å². The normalized spacial score (nSPS) is 27.4. The predicted octanol–water partition coefficient (Wildman–Crippen LogP) is -0.252. The van der Waals surface area contributed by atoms with Crippen LogP contribution >= 0.6 is 6.72 Å². The number of nitrogens with one attached hydrogen (secondary N) is 1. The number of aliphatic hydroxyl groups is 2. The molecule has 4 aromatic heterocycles. The molecule has 2 aliphatic heterocycles. The van der Waals surface area contributed by atoms with Gasteiger partial charge in [0, 0.05) is 30.8 Å². The van der Waals surface area contributed by atoms with E-state index in [4.69, 9.17) is 41.8 Å². The minimum atomic E-state index is -3.99. The number of imidazole rings is 1. The van der Waals surface area contributed by atoms with E-state index in [1.54, 1.807) is 16.8 Å². The third-order valence-electron chi connectivity index (χ3n) is 6.52. The van der Waals surface area contributed by atoms with Gasteiger partial charge in [0.05, 0.1) is 24.4 Å². The number of rotatable bonds is 7. The Balaban J connectivity index is 1.19. The third-order valence-corrected chi connectivity index (χ3v) is 7.95. The van der Waals surface area contributed by atoms with E-state index < -0.39 is 43.0 Å². The summed E-state index contributed by atoms with van der Waals surface area (Å²) in [6.45, 7) is -4.33. The smallest absolute Gasteiger partial charge is 0.377 e. The van der Waals surface area contributed by atoms with Gasteiger partial charge in [0.15, 0.2) is 29.4 Å². The number of nitrogen functional groups attached to an aromatic ring is 2. The number of aliphatic hydroxyl groups excluding tert-OH is 2. The molecule has 0 radical (unpaired) electrons. The summed E-state index contributed by atoms with van der Waals surface area (Å²) in [6.07, 6.45) is 1.39. The van der Waals surface area contributed by atoms with Crippen LogP contribution in [0.1, 0.15) is 25.3 Å². The second-order valence-corrected chi connectivity index (χ2v) is 11.9. The molecule has 4 aromatic rings. The third kappa shape index (κ3) is 4.79. The molecule has 6 heterocycles. The standard InChI is InChI=1S/C21H24N9O8PS/c22-16-10-1-2-29(17(10)25-7-24-16)14-4-11(32)13(37-14)6-35-39(34,40)38-12-3-9(5-31)36-20(12)30-8-26-15-18(30)27-21(23)28-19(15)33/h1-2,6-9,11-12,14,20,31-32H,3-5H2,(H,34,40)(H2,22,24,25)(H3,23,27,28,33)/b13-6+/t9-,11-,12+,14+,20+,39?/m0/s1. The maximum Gasteiger partial charge on any atom is 0.377 e. The van der Waals surface area contributed by atoms with Crippen molar-refractivity contribution >= 4 is 52.5 Å². The first-order valence-electron chi connectivity index (χ1n) is 11.9. The van der Waals surface area contributed by atoms with Crippen LogP contribution in [0.15, 0.2) is 41.7 Å². The molecule has 40 heavy (non-hydrogen) atoms. The molecule has 2 saturated heterocycles. The van der Waals surface area contributed by atoms with Crippen LogP contribution in [0.3, 0.4) is 0 Å². The first kappa shape index (κ1) is 26.6. The summed E-state index contributed by atoms with van der Waals surface area (Å²) in [6, 6.07) is 1.74. The Hall–Kier alpha value is -3.64. The maximum absolute atomic E-state index is 12.2. The second-order valence-electron chi connectivity index (χ2n) is 9.12. The Morgan fingerprint density at radius 1 is 1.25 bits per heavy atom. The van der Waals surface area contributed by atoms with E-state index in [0.717, 1.165) is 6.26 Å².